The number of sulfonamides is 1. The van der Waals surface area contributed by atoms with Crippen LogP contribution in [0.1, 0.15) is 25.7 Å². The van der Waals surface area contributed by atoms with Crippen molar-refractivity contribution < 1.29 is 22.7 Å². The van der Waals surface area contributed by atoms with Crippen LogP contribution in [-0.4, -0.2) is 53.2 Å². The molecule has 1 heterocycles. The van der Waals surface area contributed by atoms with Crippen LogP contribution in [0.2, 0.25) is 0 Å². The van der Waals surface area contributed by atoms with Crippen LogP contribution in [0.5, 0.6) is 11.5 Å². The summed E-state index contributed by atoms with van der Waals surface area (Å²) in [5, 5.41) is 1.60. The van der Waals surface area contributed by atoms with Crippen molar-refractivity contribution >= 4 is 15.9 Å². The van der Waals surface area contributed by atoms with Gasteiger partial charge < -0.3 is 9.47 Å². The van der Waals surface area contributed by atoms with E-state index in [1.54, 1.807) is 25.2 Å². The second-order valence-electron chi connectivity index (χ2n) is 5.94. The summed E-state index contributed by atoms with van der Waals surface area (Å²) in [7, 11) is -0.0756. The van der Waals surface area contributed by atoms with Crippen molar-refractivity contribution in [2.75, 3.05) is 33.9 Å². The highest BCUT2D eigenvalue weighted by Gasteiger charge is 2.18. The van der Waals surface area contributed by atoms with Gasteiger partial charge in [-0.15, -0.1) is 0 Å². The van der Waals surface area contributed by atoms with Gasteiger partial charge in [0.05, 0.1) is 4.90 Å². The highest BCUT2D eigenvalue weighted by Crippen LogP contribution is 2.32. The van der Waals surface area contributed by atoms with Gasteiger partial charge in [-0.05, 0) is 25.0 Å². The van der Waals surface area contributed by atoms with Gasteiger partial charge in [-0.2, -0.15) is 0 Å². The second-order valence-corrected chi connectivity index (χ2v) is 7.71. The first kappa shape index (κ1) is 19.5. The molecule has 9 heteroatoms. The number of hydrogen-bond donors (Lipinski definition) is 2. The highest BCUT2D eigenvalue weighted by atomic mass is 32.2. The Balaban J connectivity index is 1.74. The van der Waals surface area contributed by atoms with Crippen LogP contribution in [0.25, 0.3) is 0 Å². The van der Waals surface area contributed by atoms with E-state index in [1.165, 1.54) is 12.1 Å². The summed E-state index contributed by atoms with van der Waals surface area (Å²) in [6.45, 7) is 1.20. The van der Waals surface area contributed by atoms with E-state index >= 15 is 0 Å². The van der Waals surface area contributed by atoms with Crippen molar-refractivity contribution in [2.24, 2.45) is 0 Å². The average Bonchev–Trinajstić information content (AvgIpc) is 2.57. The molecule has 25 heavy (non-hydrogen) atoms. The molecule has 0 fully saturated rings. The lowest BCUT2D eigenvalue weighted by Gasteiger charge is -2.18. The molecule has 2 N–H and O–H groups in total. The fourth-order valence-corrected chi connectivity index (χ4v) is 3.46. The van der Waals surface area contributed by atoms with Crippen molar-refractivity contribution in [2.45, 2.75) is 30.6 Å². The maximum absolute atomic E-state index is 12.3. The molecule has 0 radical (unpaired) electrons. The number of nitrogens with zero attached hydrogens (tertiary/aromatic N) is 1. The number of fused-ring (bicyclic) bond motifs is 1. The Labute approximate surface area is 148 Å². The Morgan fingerprint density at radius 1 is 1.12 bits per heavy atom. The molecule has 0 aliphatic carbocycles. The number of carbonyl (C=O) groups excluding carboxylic acids is 1. The highest BCUT2D eigenvalue weighted by molar-refractivity contribution is 7.89. The Hall–Kier alpha value is -1.84. The molecule has 8 nitrogen and oxygen atoms in total. The standard InChI is InChI=1S/C16H25N3O5S/c1-19(2)18-16(20)6-4-3-5-9-17-25(21,22)13-7-8-14-15(12-13)24-11-10-23-14/h7-8,12,17H,3-6,9-11H2,1-2H3,(H,18,20). The zero-order valence-corrected chi connectivity index (χ0v) is 15.4. The van der Waals surface area contributed by atoms with Gasteiger partial charge in [0, 0.05) is 33.1 Å². The normalized spacial score (nSPS) is 13.7. The average molecular weight is 371 g/mol. The summed E-state index contributed by atoms with van der Waals surface area (Å²) in [5.41, 5.74) is 2.67. The molecule has 0 bridgehead atoms. The van der Waals surface area contributed by atoms with Crippen LogP contribution in [0.3, 0.4) is 0 Å². The third-order valence-corrected chi connectivity index (χ3v) is 5.00. The third-order valence-electron chi connectivity index (χ3n) is 3.54. The predicted molar refractivity (Wildman–Crippen MR) is 92.9 cm³/mol. The Kier molecular flexibility index (Phi) is 7.03. The van der Waals surface area contributed by atoms with Crippen molar-refractivity contribution in [1.29, 1.82) is 0 Å². The molecule has 140 valence electrons. The van der Waals surface area contributed by atoms with Crippen molar-refractivity contribution in [3.63, 3.8) is 0 Å². The molecule has 0 saturated heterocycles. The molecule has 1 aliphatic rings. The summed E-state index contributed by atoms with van der Waals surface area (Å²) in [4.78, 5) is 11.6. The van der Waals surface area contributed by atoms with Crippen molar-refractivity contribution in [3.05, 3.63) is 18.2 Å². The molecule has 1 amide bonds. The number of rotatable bonds is 9. The summed E-state index contributed by atoms with van der Waals surface area (Å²) in [6, 6.07) is 4.58. The molecule has 0 atom stereocenters. The summed E-state index contributed by atoms with van der Waals surface area (Å²) in [6.07, 6.45) is 2.57. The Morgan fingerprint density at radius 3 is 2.56 bits per heavy atom. The maximum atomic E-state index is 12.3. The number of benzene rings is 1. The van der Waals surface area contributed by atoms with Gasteiger partial charge in [-0.1, -0.05) is 6.42 Å². The number of hydrogen-bond acceptors (Lipinski definition) is 6. The van der Waals surface area contributed by atoms with Crippen LogP contribution < -0.4 is 19.6 Å². The van der Waals surface area contributed by atoms with Crippen molar-refractivity contribution in [1.82, 2.24) is 15.2 Å². The number of unbranched alkanes of at least 4 members (excludes halogenated alkanes) is 2. The monoisotopic (exact) mass is 371 g/mol. The maximum Gasteiger partial charge on any atom is 0.240 e. The number of amides is 1. The summed E-state index contributed by atoms with van der Waals surface area (Å²) >= 11 is 0. The quantitative estimate of drug-likeness (QED) is 0.494. The van der Waals surface area contributed by atoms with Crippen LogP contribution in [0, 0.1) is 0 Å². The van der Waals surface area contributed by atoms with Crippen molar-refractivity contribution in [3.8, 4) is 11.5 Å². The second kappa shape index (κ2) is 9.02. The number of nitrogens with one attached hydrogen (secondary N) is 2. The SMILES string of the molecule is CN(C)NC(=O)CCCCCNS(=O)(=O)c1ccc2c(c1)OCCO2. The summed E-state index contributed by atoms with van der Waals surface area (Å²) in [5.74, 6) is 0.962. The van der Waals surface area contributed by atoms with E-state index in [4.69, 9.17) is 9.47 Å². The Bertz CT molecular complexity index is 691. The molecule has 1 aliphatic heterocycles. The predicted octanol–water partition coefficient (Wildman–Crippen LogP) is 0.889. The number of carbonyl (C=O) groups is 1. The van der Waals surface area contributed by atoms with E-state index in [2.05, 4.69) is 10.1 Å². The number of hydrazine groups is 1. The molecule has 0 spiro atoms. The summed E-state index contributed by atoms with van der Waals surface area (Å²) < 4.78 is 38.0. The first-order valence-electron chi connectivity index (χ1n) is 8.24. The molecule has 0 aromatic heterocycles. The fraction of sp³-hybridized carbons (Fsp3) is 0.562. The van der Waals surface area contributed by atoms with Crippen LogP contribution in [0.15, 0.2) is 23.1 Å². The lowest BCUT2D eigenvalue weighted by molar-refractivity contribution is -0.124. The van der Waals surface area contributed by atoms with Gasteiger partial charge in [0.15, 0.2) is 11.5 Å². The molecule has 0 unspecified atom stereocenters. The molecule has 1 aromatic rings. The first-order valence-corrected chi connectivity index (χ1v) is 9.73. The number of ether oxygens (including phenoxy) is 2. The van der Waals surface area contributed by atoms with Gasteiger partial charge in [-0.25, -0.2) is 18.1 Å². The molecule has 2 rings (SSSR count). The lowest BCUT2D eigenvalue weighted by atomic mass is 10.2. The molecular weight excluding hydrogens is 346 g/mol. The first-order chi connectivity index (χ1) is 11.9. The Morgan fingerprint density at radius 2 is 1.84 bits per heavy atom. The minimum Gasteiger partial charge on any atom is -0.486 e. The fourth-order valence-electron chi connectivity index (χ4n) is 2.37. The molecular formula is C16H25N3O5S. The van der Waals surface area contributed by atoms with E-state index in [9.17, 15) is 13.2 Å². The van der Waals surface area contributed by atoms with Crippen LogP contribution >= 0.6 is 0 Å². The third kappa shape index (κ3) is 6.18. The topological polar surface area (TPSA) is 97.0 Å². The van der Waals surface area contributed by atoms with Gasteiger partial charge in [0.25, 0.3) is 0 Å². The van der Waals surface area contributed by atoms with Crippen LogP contribution in [-0.2, 0) is 14.8 Å². The zero-order chi connectivity index (χ0) is 18.3. The van der Waals surface area contributed by atoms with Gasteiger partial charge >= 0.3 is 0 Å². The van der Waals surface area contributed by atoms with Gasteiger partial charge in [-0.3, -0.25) is 10.2 Å². The van der Waals surface area contributed by atoms with Crippen LogP contribution in [0.4, 0.5) is 0 Å². The smallest absolute Gasteiger partial charge is 0.240 e. The van der Waals surface area contributed by atoms with E-state index in [1.807, 2.05) is 0 Å². The van der Waals surface area contributed by atoms with E-state index in [0.717, 1.165) is 6.42 Å². The zero-order valence-electron chi connectivity index (χ0n) is 14.6. The van der Waals surface area contributed by atoms with E-state index in [-0.39, 0.29) is 10.8 Å². The lowest BCUT2D eigenvalue weighted by Crippen LogP contribution is -2.35. The van der Waals surface area contributed by atoms with Gasteiger partial charge in [0.1, 0.15) is 13.2 Å². The molecule has 1 aromatic carbocycles. The van der Waals surface area contributed by atoms with Gasteiger partial charge in [0.2, 0.25) is 15.9 Å². The molecule has 0 saturated carbocycles. The van der Waals surface area contributed by atoms with E-state index < -0.39 is 10.0 Å². The minimum absolute atomic E-state index is 0.0399. The minimum atomic E-state index is -3.58. The largest absolute Gasteiger partial charge is 0.486 e. The van der Waals surface area contributed by atoms with E-state index in [0.29, 0.717) is 50.5 Å².